The first-order valence-corrected chi connectivity index (χ1v) is 7.82. The second-order valence-corrected chi connectivity index (χ2v) is 6.73. The van der Waals surface area contributed by atoms with E-state index in [2.05, 4.69) is 4.72 Å². The highest BCUT2D eigenvalue weighted by atomic mass is 35.5. The van der Waals surface area contributed by atoms with Crippen molar-refractivity contribution < 1.29 is 18.3 Å². The SMILES string of the molecule is O=S(=O)(NC1(CO)CCOCC1)c1ccc(Cl)cc1. The number of ether oxygens (including phenoxy) is 1. The van der Waals surface area contributed by atoms with E-state index >= 15 is 0 Å². The minimum absolute atomic E-state index is 0.135. The van der Waals surface area contributed by atoms with Crippen LogP contribution in [0.1, 0.15) is 12.8 Å². The number of aliphatic hydroxyl groups excluding tert-OH is 1. The summed E-state index contributed by atoms with van der Waals surface area (Å²) in [6.07, 6.45) is 0.909. The van der Waals surface area contributed by atoms with Gasteiger partial charge < -0.3 is 9.84 Å². The summed E-state index contributed by atoms with van der Waals surface area (Å²) in [7, 11) is -3.67. The Bertz CT molecular complexity index is 523. The predicted octanol–water partition coefficient (Wildman–Crippen LogP) is 1.16. The molecule has 1 aliphatic heterocycles. The summed E-state index contributed by atoms with van der Waals surface area (Å²) in [6, 6.07) is 5.92. The Morgan fingerprint density at radius 1 is 1.26 bits per heavy atom. The lowest BCUT2D eigenvalue weighted by molar-refractivity contribution is 0.0223. The van der Waals surface area contributed by atoms with Gasteiger partial charge in [0.2, 0.25) is 10.0 Å². The van der Waals surface area contributed by atoms with Gasteiger partial charge in [-0.2, -0.15) is 0 Å². The van der Waals surface area contributed by atoms with Gasteiger partial charge in [0.25, 0.3) is 0 Å². The van der Waals surface area contributed by atoms with Gasteiger partial charge in [0.15, 0.2) is 0 Å². The van der Waals surface area contributed by atoms with Gasteiger partial charge in [-0.1, -0.05) is 11.6 Å². The predicted molar refractivity (Wildman–Crippen MR) is 71.6 cm³/mol. The summed E-state index contributed by atoms with van der Waals surface area (Å²) in [4.78, 5) is 0.135. The van der Waals surface area contributed by atoms with E-state index in [0.717, 1.165) is 0 Å². The second kappa shape index (κ2) is 5.76. The molecule has 1 fully saturated rings. The number of hydrogen-bond acceptors (Lipinski definition) is 4. The van der Waals surface area contributed by atoms with Gasteiger partial charge >= 0.3 is 0 Å². The number of halogens is 1. The van der Waals surface area contributed by atoms with Crippen molar-refractivity contribution in [1.29, 1.82) is 0 Å². The molecular weight excluding hydrogens is 290 g/mol. The average molecular weight is 306 g/mol. The van der Waals surface area contributed by atoms with Gasteiger partial charge in [-0.3, -0.25) is 0 Å². The highest BCUT2D eigenvalue weighted by Crippen LogP contribution is 2.23. The van der Waals surface area contributed by atoms with Gasteiger partial charge in [0, 0.05) is 18.2 Å². The van der Waals surface area contributed by atoms with E-state index in [0.29, 0.717) is 31.1 Å². The molecular formula is C12H16ClNO4S. The molecule has 1 heterocycles. The van der Waals surface area contributed by atoms with Crippen LogP contribution in [0.3, 0.4) is 0 Å². The summed E-state index contributed by atoms with van der Waals surface area (Å²) < 4.78 is 32.3. The van der Waals surface area contributed by atoms with Crippen molar-refractivity contribution in [2.75, 3.05) is 19.8 Å². The molecule has 0 unspecified atom stereocenters. The van der Waals surface area contributed by atoms with Gasteiger partial charge in [-0.05, 0) is 37.1 Å². The van der Waals surface area contributed by atoms with Crippen LogP contribution in [-0.2, 0) is 14.8 Å². The van der Waals surface area contributed by atoms with Crippen LogP contribution < -0.4 is 4.72 Å². The summed E-state index contributed by atoms with van der Waals surface area (Å²) in [5.74, 6) is 0. The molecule has 2 N–H and O–H groups in total. The fourth-order valence-corrected chi connectivity index (χ4v) is 3.59. The molecule has 0 radical (unpaired) electrons. The number of benzene rings is 1. The standard InChI is InChI=1S/C12H16ClNO4S/c13-10-1-3-11(4-2-10)19(16,17)14-12(9-15)5-7-18-8-6-12/h1-4,14-15H,5-9H2. The maximum Gasteiger partial charge on any atom is 0.241 e. The molecule has 2 rings (SSSR count). The van der Waals surface area contributed by atoms with Crippen LogP contribution in [0.2, 0.25) is 5.02 Å². The minimum Gasteiger partial charge on any atom is -0.394 e. The van der Waals surface area contributed by atoms with E-state index in [-0.39, 0.29) is 11.5 Å². The van der Waals surface area contributed by atoms with Crippen molar-refractivity contribution in [1.82, 2.24) is 4.72 Å². The van der Waals surface area contributed by atoms with Crippen molar-refractivity contribution in [2.45, 2.75) is 23.3 Å². The molecule has 0 spiro atoms. The van der Waals surface area contributed by atoms with Crippen LogP contribution in [-0.4, -0.2) is 38.9 Å². The fraction of sp³-hybridized carbons (Fsp3) is 0.500. The van der Waals surface area contributed by atoms with E-state index < -0.39 is 15.6 Å². The molecule has 5 nitrogen and oxygen atoms in total. The lowest BCUT2D eigenvalue weighted by Gasteiger charge is -2.35. The first-order chi connectivity index (χ1) is 8.97. The molecule has 0 atom stereocenters. The first kappa shape index (κ1) is 14.7. The largest absolute Gasteiger partial charge is 0.394 e. The molecule has 106 valence electrons. The van der Waals surface area contributed by atoms with Crippen molar-refractivity contribution >= 4 is 21.6 Å². The minimum atomic E-state index is -3.67. The average Bonchev–Trinajstić information content (AvgIpc) is 2.40. The van der Waals surface area contributed by atoms with Gasteiger partial charge in [0.1, 0.15) is 0 Å². The Morgan fingerprint density at radius 2 is 1.84 bits per heavy atom. The van der Waals surface area contributed by atoms with Gasteiger partial charge in [0.05, 0.1) is 17.0 Å². The molecule has 19 heavy (non-hydrogen) atoms. The van der Waals surface area contributed by atoms with Crippen molar-refractivity contribution in [3.8, 4) is 0 Å². The summed E-state index contributed by atoms with van der Waals surface area (Å²) in [5.41, 5.74) is -0.837. The Hall–Kier alpha value is -0.660. The molecule has 0 aromatic heterocycles. The highest BCUT2D eigenvalue weighted by molar-refractivity contribution is 7.89. The number of rotatable bonds is 4. The molecule has 7 heteroatoms. The summed E-state index contributed by atoms with van der Waals surface area (Å²) in [5, 5.41) is 9.97. The number of hydrogen-bond donors (Lipinski definition) is 2. The first-order valence-electron chi connectivity index (χ1n) is 5.96. The molecule has 1 aromatic carbocycles. The third-order valence-electron chi connectivity index (χ3n) is 3.23. The van der Waals surface area contributed by atoms with Crippen molar-refractivity contribution in [3.63, 3.8) is 0 Å². The lowest BCUT2D eigenvalue weighted by atomic mass is 9.93. The monoisotopic (exact) mass is 305 g/mol. The Morgan fingerprint density at radius 3 is 2.37 bits per heavy atom. The maximum atomic E-state index is 12.3. The van der Waals surface area contributed by atoms with Crippen LogP contribution in [0, 0.1) is 0 Å². The Kier molecular flexibility index (Phi) is 4.47. The number of sulfonamides is 1. The quantitative estimate of drug-likeness (QED) is 0.875. The maximum absolute atomic E-state index is 12.3. The van der Waals surface area contributed by atoms with Crippen molar-refractivity contribution in [2.24, 2.45) is 0 Å². The smallest absolute Gasteiger partial charge is 0.241 e. The molecule has 0 saturated carbocycles. The van der Waals surface area contributed by atoms with Crippen LogP contribution in [0.4, 0.5) is 0 Å². The topological polar surface area (TPSA) is 75.6 Å². The molecule has 0 bridgehead atoms. The Labute approximate surface area is 117 Å². The van der Waals surface area contributed by atoms with E-state index in [1.165, 1.54) is 24.3 Å². The van der Waals surface area contributed by atoms with Crippen LogP contribution in [0.25, 0.3) is 0 Å². The van der Waals surface area contributed by atoms with E-state index in [1.807, 2.05) is 0 Å². The molecule has 0 aliphatic carbocycles. The second-order valence-electron chi connectivity index (χ2n) is 4.61. The van der Waals surface area contributed by atoms with Gasteiger partial charge in [-0.15, -0.1) is 0 Å². The molecule has 1 aliphatic rings. The van der Waals surface area contributed by atoms with E-state index in [4.69, 9.17) is 16.3 Å². The molecule has 1 aromatic rings. The van der Waals surface area contributed by atoms with Crippen LogP contribution >= 0.6 is 11.6 Å². The van der Waals surface area contributed by atoms with Crippen LogP contribution in [0.5, 0.6) is 0 Å². The van der Waals surface area contributed by atoms with E-state index in [1.54, 1.807) is 0 Å². The third kappa shape index (κ3) is 3.46. The summed E-state index contributed by atoms with van der Waals surface area (Å²) >= 11 is 5.74. The highest BCUT2D eigenvalue weighted by Gasteiger charge is 2.36. The van der Waals surface area contributed by atoms with Crippen molar-refractivity contribution in [3.05, 3.63) is 29.3 Å². The number of nitrogens with one attached hydrogen (secondary N) is 1. The summed E-state index contributed by atoms with van der Waals surface area (Å²) in [6.45, 7) is 0.622. The lowest BCUT2D eigenvalue weighted by Crippen LogP contribution is -2.54. The molecule has 1 saturated heterocycles. The zero-order chi connectivity index (χ0) is 13.9. The fourth-order valence-electron chi connectivity index (χ4n) is 2.01. The van der Waals surface area contributed by atoms with E-state index in [9.17, 15) is 13.5 Å². The number of aliphatic hydroxyl groups is 1. The van der Waals surface area contributed by atoms with Crippen LogP contribution in [0.15, 0.2) is 29.2 Å². The Balaban J connectivity index is 2.22. The normalized spacial score (nSPS) is 19.3. The van der Waals surface area contributed by atoms with Gasteiger partial charge in [-0.25, -0.2) is 13.1 Å². The zero-order valence-corrected chi connectivity index (χ0v) is 11.9. The molecule has 0 amide bonds. The zero-order valence-electron chi connectivity index (χ0n) is 10.3. The third-order valence-corrected chi connectivity index (χ3v) is 5.07.